The highest BCUT2D eigenvalue weighted by molar-refractivity contribution is 9.10. The fraction of sp³-hybridized carbons (Fsp3) is 0.583. The lowest BCUT2D eigenvalue weighted by molar-refractivity contribution is 0.422. The van der Waals surface area contributed by atoms with Crippen LogP contribution < -0.4 is 4.90 Å². The average molecular weight is 287 g/mol. The highest BCUT2D eigenvalue weighted by atomic mass is 79.9. The number of halogens is 2. The molecule has 0 atom stereocenters. The first-order valence-corrected chi connectivity index (χ1v) is 6.51. The van der Waals surface area contributed by atoms with Crippen molar-refractivity contribution >= 4 is 21.7 Å². The van der Waals surface area contributed by atoms with Gasteiger partial charge in [0.1, 0.15) is 0 Å². The molecule has 1 aromatic heterocycles. The van der Waals surface area contributed by atoms with E-state index < -0.39 is 0 Å². The van der Waals surface area contributed by atoms with Crippen molar-refractivity contribution in [2.45, 2.75) is 38.1 Å². The smallest absolute Gasteiger partial charge is 0.166 e. The molecule has 1 aromatic rings. The highest BCUT2D eigenvalue weighted by Gasteiger charge is 2.21. The second kappa shape index (κ2) is 5.13. The van der Waals surface area contributed by atoms with Gasteiger partial charge >= 0.3 is 0 Å². The van der Waals surface area contributed by atoms with E-state index >= 15 is 0 Å². The van der Waals surface area contributed by atoms with Crippen LogP contribution in [-0.4, -0.2) is 18.1 Å². The van der Waals surface area contributed by atoms with Crippen molar-refractivity contribution in [1.29, 1.82) is 0 Å². The number of nitrogens with zero attached hydrogens (tertiary/aromatic N) is 2. The summed E-state index contributed by atoms with van der Waals surface area (Å²) in [5, 5.41) is 0. The third kappa shape index (κ3) is 2.54. The summed E-state index contributed by atoms with van der Waals surface area (Å²) in [6, 6.07) is 1.92. The average Bonchev–Trinajstić information content (AvgIpc) is 2.29. The molecular weight excluding hydrogens is 271 g/mol. The van der Waals surface area contributed by atoms with E-state index in [-0.39, 0.29) is 5.82 Å². The molecule has 0 aromatic carbocycles. The van der Waals surface area contributed by atoms with Gasteiger partial charge in [0.05, 0.1) is 0 Å². The Morgan fingerprint density at radius 1 is 1.38 bits per heavy atom. The highest BCUT2D eigenvalue weighted by Crippen LogP contribution is 2.27. The van der Waals surface area contributed by atoms with Crippen LogP contribution in [0, 0.1) is 5.82 Å². The predicted octanol–water partition coefficient (Wildman–Crippen LogP) is 3.75. The molecule has 0 N–H and O–H groups in total. The first-order valence-electron chi connectivity index (χ1n) is 5.72. The Morgan fingerprint density at radius 2 is 2.06 bits per heavy atom. The zero-order chi connectivity index (χ0) is 11.5. The van der Waals surface area contributed by atoms with Gasteiger partial charge in [-0.15, -0.1) is 0 Å². The molecule has 1 fully saturated rings. The molecule has 0 bridgehead atoms. The molecule has 1 saturated carbocycles. The maximum absolute atomic E-state index is 13.7. The number of hydrogen-bond donors (Lipinski definition) is 0. The summed E-state index contributed by atoms with van der Waals surface area (Å²) in [4.78, 5) is 6.14. The third-order valence-corrected chi connectivity index (χ3v) is 3.68. The van der Waals surface area contributed by atoms with E-state index in [1.807, 2.05) is 11.9 Å². The molecule has 0 unspecified atom stereocenters. The predicted molar refractivity (Wildman–Crippen MR) is 67.2 cm³/mol. The van der Waals surface area contributed by atoms with Crippen molar-refractivity contribution in [1.82, 2.24) is 4.98 Å². The third-order valence-electron chi connectivity index (χ3n) is 3.24. The van der Waals surface area contributed by atoms with Gasteiger partial charge in [-0.2, -0.15) is 0 Å². The molecule has 2 nitrogen and oxygen atoms in total. The van der Waals surface area contributed by atoms with E-state index in [1.165, 1.54) is 25.3 Å². The van der Waals surface area contributed by atoms with Crippen LogP contribution in [0.3, 0.4) is 0 Å². The zero-order valence-electron chi connectivity index (χ0n) is 9.42. The van der Waals surface area contributed by atoms with E-state index in [2.05, 4.69) is 20.9 Å². The standard InChI is InChI=1S/C12H16BrFN2/c1-16(10-5-3-2-4-6-10)12-11(14)7-9(13)8-15-12/h7-8,10H,2-6H2,1H3. The van der Waals surface area contributed by atoms with Gasteiger partial charge in [0.25, 0.3) is 0 Å². The van der Waals surface area contributed by atoms with Gasteiger partial charge in [0.15, 0.2) is 11.6 Å². The summed E-state index contributed by atoms with van der Waals surface area (Å²) in [7, 11) is 1.94. The second-order valence-electron chi connectivity index (χ2n) is 4.36. The van der Waals surface area contributed by atoms with Gasteiger partial charge in [0, 0.05) is 23.8 Å². The molecule has 1 aliphatic carbocycles. The molecular formula is C12H16BrFN2. The Kier molecular flexibility index (Phi) is 3.79. The van der Waals surface area contributed by atoms with E-state index in [4.69, 9.17) is 0 Å². The molecule has 2 rings (SSSR count). The lowest BCUT2D eigenvalue weighted by atomic mass is 9.94. The van der Waals surface area contributed by atoms with Crippen LogP contribution in [0.15, 0.2) is 16.7 Å². The molecule has 0 radical (unpaired) electrons. The van der Waals surface area contributed by atoms with Crippen LogP contribution in [-0.2, 0) is 0 Å². The second-order valence-corrected chi connectivity index (χ2v) is 5.28. The molecule has 0 saturated heterocycles. The molecule has 16 heavy (non-hydrogen) atoms. The Balaban J connectivity index is 2.15. The summed E-state index contributed by atoms with van der Waals surface area (Å²) in [5.41, 5.74) is 0. The van der Waals surface area contributed by atoms with Crippen LogP contribution >= 0.6 is 15.9 Å². The minimum absolute atomic E-state index is 0.248. The van der Waals surface area contributed by atoms with E-state index in [0.29, 0.717) is 16.3 Å². The van der Waals surface area contributed by atoms with Gasteiger partial charge < -0.3 is 4.90 Å². The summed E-state index contributed by atoms with van der Waals surface area (Å²) in [6.45, 7) is 0. The van der Waals surface area contributed by atoms with Gasteiger partial charge in [-0.1, -0.05) is 19.3 Å². The van der Waals surface area contributed by atoms with Crippen molar-refractivity contribution in [3.05, 3.63) is 22.6 Å². The largest absolute Gasteiger partial charge is 0.354 e. The fourth-order valence-corrected chi connectivity index (χ4v) is 2.61. The Hall–Kier alpha value is -0.640. The number of pyridine rings is 1. The normalized spacial score (nSPS) is 17.4. The van der Waals surface area contributed by atoms with E-state index in [1.54, 1.807) is 6.20 Å². The van der Waals surface area contributed by atoms with Crippen molar-refractivity contribution in [2.24, 2.45) is 0 Å². The Morgan fingerprint density at radius 3 is 2.69 bits per heavy atom. The number of rotatable bonds is 2. The first-order chi connectivity index (χ1) is 7.68. The lowest BCUT2D eigenvalue weighted by Gasteiger charge is -2.32. The number of anilines is 1. The minimum atomic E-state index is -0.248. The van der Waals surface area contributed by atoms with Crippen molar-refractivity contribution in [3.8, 4) is 0 Å². The fourth-order valence-electron chi connectivity index (χ4n) is 2.31. The van der Waals surface area contributed by atoms with E-state index in [0.717, 1.165) is 12.8 Å². The monoisotopic (exact) mass is 286 g/mol. The van der Waals surface area contributed by atoms with Gasteiger partial charge in [-0.05, 0) is 34.8 Å². The molecule has 0 aliphatic heterocycles. The summed E-state index contributed by atoms with van der Waals surface area (Å²) < 4.78 is 14.4. The van der Waals surface area contributed by atoms with Crippen molar-refractivity contribution in [3.63, 3.8) is 0 Å². The number of aromatic nitrogens is 1. The molecule has 0 spiro atoms. The van der Waals surface area contributed by atoms with Gasteiger partial charge in [-0.3, -0.25) is 0 Å². The van der Waals surface area contributed by atoms with Crippen molar-refractivity contribution in [2.75, 3.05) is 11.9 Å². The zero-order valence-corrected chi connectivity index (χ0v) is 11.0. The van der Waals surface area contributed by atoms with E-state index in [9.17, 15) is 4.39 Å². The first kappa shape index (κ1) is 11.8. The Bertz CT molecular complexity index is 364. The topological polar surface area (TPSA) is 16.1 Å². The quantitative estimate of drug-likeness (QED) is 0.823. The molecule has 88 valence electrons. The van der Waals surface area contributed by atoms with Crippen LogP contribution in [0.4, 0.5) is 10.2 Å². The molecule has 0 amide bonds. The van der Waals surface area contributed by atoms with Crippen LogP contribution in [0.1, 0.15) is 32.1 Å². The lowest BCUT2D eigenvalue weighted by Crippen LogP contribution is -2.34. The van der Waals surface area contributed by atoms with Crippen LogP contribution in [0.2, 0.25) is 0 Å². The minimum Gasteiger partial charge on any atom is -0.354 e. The Labute approximate surface area is 104 Å². The maximum atomic E-state index is 13.7. The number of hydrogen-bond acceptors (Lipinski definition) is 2. The summed E-state index contributed by atoms with van der Waals surface area (Å²) >= 11 is 3.22. The summed E-state index contributed by atoms with van der Waals surface area (Å²) in [6.07, 6.45) is 7.74. The molecule has 1 aliphatic rings. The van der Waals surface area contributed by atoms with Crippen molar-refractivity contribution < 1.29 is 4.39 Å². The van der Waals surface area contributed by atoms with Crippen LogP contribution in [0.25, 0.3) is 0 Å². The summed E-state index contributed by atoms with van der Waals surface area (Å²) in [5.74, 6) is 0.220. The maximum Gasteiger partial charge on any atom is 0.166 e. The van der Waals surface area contributed by atoms with Crippen LogP contribution in [0.5, 0.6) is 0 Å². The van der Waals surface area contributed by atoms with Gasteiger partial charge in [0.2, 0.25) is 0 Å². The van der Waals surface area contributed by atoms with Gasteiger partial charge in [-0.25, -0.2) is 9.37 Å². The SMILES string of the molecule is CN(c1ncc(Br)cc1F)C1CCCCC1. The molecule has 4 heteroatoms. The molecule has 1 heterocycles.